The number of benzene rings is 1. The highest BCUT2D eigenvalue weighted by molar-refractivity contribution is 6.35. The van der Waals surface area contributed by atoms with E-state index in [1.165, 1.54) is 0 Å². The number of nitrogens with zero attached hydrogens (tertiary/aromatic N) is 2. The molecule has 23 heavy (non-hydrogen) atoms. The van der Waals surface area contributed by atoms with Gasteiger partial charge < -0.3 is 15.1 Å². The van der Waals surface area contributed by atoms with E-state index in [1.54, 1.807) is 4.90 Å². The van der Waals surface area contributed by atoms with E-state index in [0.29, 0.717) is 31.2 Å². The van der Waals surface area contributed by atoms with Crippen LogP contribution in [-0.4, -0.2) is 48.9 Å². The Labute approximate surface area is 141 Å². The van der Waals surface area contributed by atoms with Crippen molar-refractivity contribution in [3.63, 3.8) is 0 Å². The smallest absolute Gasteiger partial charge is 0.312 e. The summed E-state index contributed by atoms with van der Waals surface area (Å²) in [4.78, 5) is 28.1. The lowest BCUT2D eigenvalue weighted by atomic mass is 10.2. The van der Waals surface area contributed by atoms with Gasteiger partial charge in [0.25, 0.3) is 0 Å². The van der Waals surface area contributed by atoms with Crippen LogP contribution < -0.4 is 10.2 Å². The number of hydrogen-bond donors (Lipinski definition) is 1. The van der Waals surface area contributed by atoms with Crippen molar-refractivity contribution in [3.8, 4) is 0 Å². The van der Waals surface area contributed by atoms with E-state index in [0.717, 1.165) is 31.4 Å². The summed E-state index contributed by atoms with van der Waals surface area (Å²) in [6.45, 7) is 2.54. The minimum absolute atomic E-state index is 0.180. The van der Waals surface area contributed by atoms with E-state index >= 15 is 0 Å². The predicted octanol–water partition coefficient (Wildman–Crippen LogP) is 2.05. The second-order valence-electron chi connectivity index (χ2n) is 6.21. The molecule has 0 radical (unpaired) electrons. The molecule has 124 valence electrons. The molecular formula is C17H22ClN3O2. The zero-order valence-electron chi connectivity index (χ0n) is 13.1. The van der Waals surface area contributed by atoms with Crippen LogP contribution in [0.1, 0.15) is 25.7 Å². The first-order valence-electron chi connectivity index (χ1n) is 8.24. The molecule has 2 fully saturated rings. The Balaban J connectivity index is 1.51. The molecule has 5 nitrogen and oxygen atoms in total. The number of anilines is 1. The summed E-state index contributed by atoms with van der Waals surface area (Å²) in [6, 6.07) is 7.88. The van der Waals surface area contributed by atoms with Crippen molar-refractivity contribution in [1.29, 1.82) is 0 Å². The molecule has 6 heteroatoms. The average molecular weight is 336 g/mol. The lowest BCUT2D eigenvalue weighted by molar-refractivity contribution is -0.146. The summed E-state index contributed by atoms with van der Waals surface area (Å²) in [5.74, 6) is -0.851. The Morgan fingerprint density at radius 2 is 1.78 bits per heavy atom. The van der Waals surface area contributed by atoms with Gasteiger partial charge in [0.2, 0.25) is 0 Å². The largest absolute Gasteiger partial charge is 0.368 e. The summed E-state index contributed by atoms with van der Waals surface area (Å²) in [5.41, 5.74) is 1.06. The topological polar surface area (TPSA) is 52.7 Å². The number of hydrogen-bond acceptors (Lipinski definition) is 3. The zero-order chi connectivity index (χ0) is 16.2. The highest BCUT2D eigenvalue weighted by Gasteiger charge is 2.28. The van der Waals surface area contributed by atoms with E-state index in [9.17, 15) is 9.59 Å². The maximum Gasteiger partial charge on any atom is 0.312 e. The minimum atomic E-state index is -0.451. The van der Waals surface area contributed by atoms with Gasteiger partial charge in [0.05, 0.1) is 0 Å². The summed E-state index contributed by atoms with van der Waals surface area (Å²) in [7, 11) is 0. The molecule has 1 aliphatic carbocycles. The van der Waals surface area contributed by atoms with E-state index in [4.69, 9.17) is 11.6 Å². The average Bonchev–Trinajstić information content (AvgIpc) is 3.07. The quantitative estimate of drug-likeness (QED) is 0.842. The molecule has 0 bridgehead atoms. The van der Waals surface area contributed by atoms with Crippen molar-refractivity contribution < 1.29 is 9.59 Å². The summed E-state index contributed by atoms with van der Waals surface area (Å²) < 4.78 is 0. The van der Waals surface area contributed by atoms with Crippen molar-refractivity contribution in [3.05, 3.63) is 29.3 Å². The molecule has 1 heterocycles. The molecule has 0 aromatic heterocycles. The number of halogens is 1. The second-order valence-corrected chi connectivity index (χ2v) is 6.65. The summed E-state index contributed by atoms with van der Waals surface area (Å²) >= 11 is 6.02. The lowest BCUT2D eigenvalue weighted by Crippen LogP contribution is -2.53. The van der Waals surface area contributed by atoms with Crippen LogP contribution in [0.2, 0.25) is 5.02 Å². The molecule has 1 saturated carbocycles. The molecule has 1 aromatic rings. The molecular weight excluding hydrogens is 314 g/mol. The molecule has 1 aliphatic heterocycles. The van der Waals surface area contributed by atoms with Crippen LogP contribution in [0.5, 0.6) is 0 Å². The van der Waals surface area contributed by atoms with Crippen LogP contribution in [0, 0.1) is 0 Å². The molecule has 2 aliphatic rings. The maximum absolute atomic E-state index is 12.3. The summed E-state index contributed by atoms with van der Waals surface area (Å²) in [6.07, 6.45) is 4.25. The van der Waals surface area contributed by atoms with E-state index < -0.39 is 11.8 Å². The SMILES string of the molecule is O=C(NC1CCCC1)C(=O)N1CCN(c2cccc(Cl)c2)CC1. The van der Waals surface area contributed by atoms with E-state index in [-0.39, 0.29) is 6.04 Å². The third-order valence-electron chi connectivity index (χ3n) is 4.62. The van der Waals surface area contributed by atoms with Crippen LogP contribution in [0.3, 0.4) is 0 Å². The number of amides is 2. The first-order valence-corrected chi connectivity index (χ1v) is 8.61. The van der Waals surface area contributed by atoms with E-state index in [1.807, 2.05) is 24.3 Å². The zero-order valence-corrected chi connectivity index (χ0v) is 13.9. The highest BCUT2D eigenvalue weighted by atomic mass is 35.5. The normalized spacial score (nSPS) is 19.0. The molecule has 1 aromatic carbocycles. The first kappa shape index (κ1) is 16.1. The van der Waals surface area contributed by atoms with Crippen molar-refractivity contribution in [2.75, 3.05) is 31.1 Å². The van der Waals surface area contributed by atoms with E-state index in [2.05, 4.69) is 10.2 Å². The Morgan fingerprint density at radius 1 is 1.09 bits per heavy atom. The molecule has 0 unspecified atom stereocenters. The van der Waals surface area contributed by atoms with Gasteiger partial charge in [-0.3, -0.25) is 9.59 Å². The number of piperazine rings is 1. The first-order chi connectivity index (χ1) is 11.1. The number of nitrogens with one attached hydrogen (secondary N) is 1. The third-order valence-corrected chi connectivity index (χ3v) is 4.86. The van der Waals surface area contributed by atoms with Crippen molar-refractivity contribution in [2.45, 2.75) is 31.7 Å². The Kier molecular flexibility index (Phi) is 5.06. The number of carbonyl (C=O) groups is 2. The fourth-order valence-corrected chi connectivity index (χ4v) is 3.49. The van der Waals surface area contributed by atoms with Crippen molar-refractivity contribution >= 4 is 29.1 Å². The molecule has 3 rings (SSSR count). The molecule has 2 amide bonds. The second kappa shape index (κ2) is 7.21. The third kappa shape index (κ3) is 3.96. The number of carbonyl (C=O) groups excluding carboxylic acids is 2. The van der Waals surface area contributed by atoms with Gasteiger partial charge in [-0.2, -0.15) is 0 Å². The fraction of sp³-hybridized carbons (Fsp3) is 0.529. The van der Waals surface area contributed by atoms with Gasteiger partial charge in [-0.25, -0.2) is 0 Å². The van der Waals surface area contributed by atoms with Gasteiger partial charge >= 0.3 is 11.8 Å². The highest BCUT2D eigenvalue weighted by Crippen LogP contribution is 2.21. The molecule has 1 saturated heterocycles. The standard InChI is InChI=1S/C17H22ClN3O2/c18-13-4-3-7-15(12-13)20-8-10-21(11-9-20)17(23)16(22)19-14-5-1-2-6-14/h3-4,7,12,14H,1-2,5-6,8-11H2,(H,19,22). The summed E-state index contributed by atoms with van der Waals surface area (Å²) in [5, 5.41) is 3.57. The van der Waals surface area contributed by atoms with Crippen LogP contribution in [0.4, 0.5) is 5.69 Å². The van der Waals surface area contributed by atoms with Gasteiger partial charge in [-0.1, -0.05) is 30.5 Å². The lowest BCUT2D eigenvalue weighted by Gasteiger charge is -2.36. The van der Waals surface area contributed by atoms with Gasteiger partial charge in [0, 0.05) is 42.9 Å². The van der Waals surface area contributed by atoms with Gasteiger partial charge in [0.1, 0.15) is 0 Å². The Morgan fingerprint density at radius 3 is 2.43 bits per heavy atom. The van der Waals surface area contributed by atoms with Crippen LogP contribution in [-0.2, 0) is 9.59 Å². The molecule has 0 atom stereocenters. The van der Waals surface area contributed by atoms with Crippen LogP contribution >= 0.6 is 11.6 Å². The molecule has 1 N–H and O–H groups in total. The fourth-order valence-electron chi connectivity index (χ4n) is 3.30. The molecule has 0 spiro atoms. The van der Waals surface area contributed by atoms with Crippen molar-refractivity contribution in [1.82, 2.24) is 10.2 Å². The van der Waals surface area contributed by atoms with Crippen LogP contribution in [0.25, 0.3) is 0 Å². The maximum atomic E-state index is 12.3. The van der Waals surface area contributed by atoms with Gasteiger partial charge in [0.15, 0.2) is 0 Å². The van der Waals surface area contributed by atoms with Crippen LogP contribution in [0.15, 0.2) is 24.3 Å². The monoisotopic (exact) mass is 335 g/mol. The van der Waals surface area contributed by atoms with Gasteiger partial charge in [-0.05, 0) is 31.0 Å². The van der Waals surface area contributed by atoms with Crippen molar-refractivity contribution in [2.24, 2.45) is 0 Å². The van der Waals surface area contributed by atoms with Gasteiger partial charge in [-0.15, -0.1) is 0 Å². The predicted molar refractivity (Wildman–Crippen MR) is 90.6 cm³/mol. The Bertz CT molecular complexity index is 579. The Hall–Kier alpha value is -1.75. The minimum Gasteiger partial charge on any atom is -0.368 e. The number of rotatable bonds is 2.